The molecular formula is C16H19N3. The van der Waals surface area contributed by atoms with Crippen molar-refractivity contribution in [2.75, 3.05) is 0 Å². The molecule has 4 N–H and O–H groups in total. The third-order valence-corrected chi connectivity index (χ3v) is 3.96. The zero-order valence-corrected chi connectivity index (χ0v) is 11.6. The quantitative estimate of drug-likeness (QED) is 0.642. The molecule has 0 fully saturated rings. The number of benzene rings is 1. The number of hydrogen-bond donors (Lipinski definition) is 3. The van der Waals surface area contributed by atoms with Crippen LogP contribution in [0, 0.1) is 20.8 Å². The molecule has 19 heavy (non-hydrogen) atoms. The van der Waals surface area contributed by atoms with Gasteiger partial charge in [0.25, 0.3) is 0 Å². The maximum absolute atomic E-state index is 5.74. The number of nitrogens with two attached hydrogens (primary N) is 1. The van der Waals surface area contributed by atoms with Gasteiger partial charge in [0.2, 0.25) is 0 Å². The Hall–Kier alpha value is -2.00. The van der Waals surface area contributed by atoms with Crippen molar-refractivity contribution in [3.8, 4) is 11.3 Å². The summed E-state index contributed by atoms with van der Waals surface area (Å²) in [6.07, 6.45) is 0. The van der Waals surface area contributed by atoms with E-state index in [0.717, 1.165) is 11.4 Å². The summed E-state index contributed by atoms with van der Waals surface area (Å²) in [6.45, 7) is 6.91. The highest BCUT2D eigenvalue weighted by Crippen LogP contribution is 2.28. The summed E-state index contributed by atoms with van der Waals surface area (Å²) in [7, 11) is 0. The minimum atomic E-state index is 0.576. The molecule has 0 aliphatic heterocycles. The second kappa shape index (κ2) is 4.28. The number of aryl methyl sites for hydroxylation is 3. The minimum absolute atomic E-state index is 0.576. The summed E-state index contributed by atoms with van der Waals surface area (Å²) in [5.74, 6) is 0. The van der Waals surface area contributed by atoms with Gasteiger partial charge in [-0.2, -0.15) is 0 Å². The summed E-state index contributed by atoms with van der Waals surface area (Å²) in [5.41, 5.74) is 14.2. The predicted octanol–water partition coefficient (Wildman–Crippen LogP) is 3.55. The van der Waals surface area contributed by atoms with Gasteiger partial charge in [-0.1, -0.05) is 6.07 Å². The van der Waals surface area contributed by atoms with Crippen molar-refractivity contribution in [3.63, 3.8) is 0 Å². The van der Waals surface area contributed by atoms with Crippen LogP contribution in [0.25, 0.3) is 22.2 Å². The highest BCUT2D eigenvalue weighted by Gasteiger charge is 2.08. The number of rotatable bonds is 2. The summed E-state index contributed by atoms with van der Waals surface area (Å²) >= 11 is 0. The Morgan fingerprint density at radius 2 is 1.79 bits per heavy atom. The second-order valence-electron chi connectivity index (χ2n) is 5.17. The van der Waals surface area contributed by atoms with Crippen molar-refractivity contribution < 1.29 is 0 Å². The lowest BCUT2D eigenvalue weighted by Gasteiger charge is -1.99. The van der Waals surface area contributed by atoms with E-state index < -0.39 is 0 Å². The van der Waals surface area contributed by atoms with Crippen LogP contribution in [0.3, 0.4) is 0 Å². The fraction of sp³-hybridized carbons (Fsp3) is 0.250. The molecule has 3 aromatic rings. The molecule has 2 aromatic heterocycles. The van der Waals surface area contributed by atoms with Gasteiger partial charge in [0, 0.05) is 34.5 Å². The predicted molar refractivity (Wildman–Crippen MR) is 80.2 cm³/mol. The van der Waals surface area contributed by atoms with E-state index in [0.29, 0.717) is 6.54 Å². The van der Waals surface area contributed by atoms with Crippen molar-refractivity contribution in [2.45, 2.75) is 27.3 Å². The zero-order chi connectivity index (χ0) is 13.6. The molecule has 98 valence electrons. The van der Waals surface area contributed by atoms with E-state index in [9.17, 15) is 0 Å². The Balaban J connectivity index is 2.16. The van der Waals surface area contributed by atoms with Gasteiger partial charge in [-0.15, -0.1) is 0 Å². The molecule has 0 saturated carbocycles. The molecule has 3 rings (SSSR count). The summed E-state index contributed by atoms with van der Waals surface area (Å²) in [5, 5.41) is 1.29. The van der Waals surface area contributed by atoms with Crippen LogP contribution in [0.15, 0.2) is 24.3 Å². The molecule has 0 saturated heterocycles. The number of nitrogens with one attached hydrogen (secondary N) is 2. The average Bonchev–Trinajstić information content (AvgIpc) is 2.91. The standard InChI is InChI=1S/C16H19N3/c1-9-10(2)18-15-5-4-12(6-14(9)15)16-7-13(8-17)11(3)19-16/h4-7,18-19H,8,17H2,1-3H3. The Morgan fingerprint density at radius 3 is 2.47 bits per heavy atom. The first kappa shape index (κ1) is 12.1. The van der Waals surface area contributed by atoms with Crippen molar-refractivity contribution in [1.82, 2.24) is 9.97 Å². The van der Waals surface area contributed by atoms with Crippen molar-refractivity contribution in [2.24, 2.45) is 5.73 Å². The Kier molecular flexibility index (Phi) is 2.72. The van der Waals surface area contributed by atoms with Gasteiger partial charge in [0.05, 0.1) is 0 Å². The van der Waals surface area contributed by atoms with E-state index in [4.69, 9.17) is 5.73 Å². The summed E-state index contributed by atoms with van der Waals surface area (Å²) in [4.78, 5) is 6.82. The second-order valence-corrected chi connectivity index (χ2v) is 5.17. The van der Waals surface area contributed by atoms with Gasteiger partial charge in [-0.25, -0.2) is 0 Å². The van der Waals surface area contributed by atoms with Crippen LogP contribution in [0.1, 0.15) is 22.5 Å². The number of hydrogen-bond acceptors (Lipinski definition) is 1. The molecule has 0 spiro atoms. The number of aromatic amines is 2. The normalized spacial score (nSPS) is 11.4. The first-order valence-corrected chi connectivity index (χ1v) is 6.58. The van der Waals surface area contributed by atoms with Crippen LogP contribution in [0.2, 0.25) is 0 Å². The van der Waals surface area contributed by atoms with Gasteiger partial charge in [-0.3, -0.25) is 0 Å². The van der Waals surface area contributed by atoms with Crippen LogP contribution in [-0.4, -0.2) is 9.97 Å². The van der Waals surface area contributed by atoms with E-state index in [1.54, 1.807) is 0 Å². The van der Waals surface area contributed by atoms with Crippen LogP contribution < -0.4 is 5.73 Å². The van der Waals surface area contributed by atoms with Crippen LogP contribution in [-0.2, 0) is 6.54 Å². The van der Waals surface area contributed by atoms with E-state index in [-0.39, 0.29) is 0 Å². The molecule has 0 amide bonds. The topological polar surface area (TPSA) is 57.6 Å². The van der Waals surface area contributed by atoms with Crippen LogP contribution in [0.4, 0.5) is 0 Å². The van der Waals surface area contributed by atoms with Gasteiger partial charge in [0.15, 0.2) is 0 Å². The molecule has 0 unspecified atom stereocenters. The van der Waals surface area contributed by atoms with Gasteiger partial charge >= 0.3 is 0 Å². The SMILES string of the molecule is Cc1[nH]c(-c2ccc3[nH]c(C)c(C)c3c2)cc1CN. The first-order chi connectivity index (χ1) is 9.10. The molecule has 0 atom stereocenters. The third-order valence-electron chi connectivity index (χ3n) is 3.96. The van der Waals surface area contributed by atoms with Crippen molar-refractivity contribution in [1.29, 1.82) is 0 Å². The lowest BCUT2D eigenvalue weighted by Crippen LogP contribution is -1.95. The molecule has 0 aliphatic carbocycles. The van der Waals surface area contributed by atoms with Gasteiger partial charge in [-0.05, 0) is 55.7 Å². The van der Waals surface area contributed by atoms with E-state index >= 15 is 0 Å². The first-order valence-electron chi connectivity index (χ1n) is 6.58. The Bertz CT molecular complexity index is 747. The lowest BCUT2D eigenvalue weighted by atomic mass is 10.1. The minimum Gasteiger partial charge on any atom is -0.358 e. The monoisotopic (exact) mass is 253 g/mol. The number of fused-ring (bicyclic) bond motifs is 1. The number of H-pyrrole nitrogens is 2. The fourth-order valence-electron chi connectivity index (χ4n) is 2.60. The molecule has 0 aliphatic rings. The Morgan fingerprint density at radius 1 is 1.00 bits per heavy atom. The maximum Gasteiger partial charge on any atom is 0.0459 e. The number of aromatic nitrogens is 2. The molecule has 3 heteroatoms. The summed E-state index contributed by atoms with van der Waals surface area (Å²) in [6, 6.07) is 8.66. The van der Waals surface area contributed by atoms with E-state index in [2.05, 4.69) is 55.0 Å². The van der Waals surface area contributed by atoms with Gasteiger partial charge in [0.1, 0.15) is 0 Å². The average molecular weight is 253 g/mol. The van der Waals surface area contributed by atoms with E-state index in [1.807, 2.05) is 0 Å². The third kappa shape index (κ3) is 1.87. The molecule has 0 bridgehead atoms. The van der Waals surface area contributed by atoms with Crippen molar-refractivity contribution in [3.05, 3.63) is 46.8 Å². The highest BCUT2D eigenvalue weighted by atomic mass is 14.7. The largest absolute Gasteiger partial charge is 0.358 e. The smallest absolute Gasteiger partial charge is 0.0459 e. The van der Waals surface area contributed by atoms with Crippen LogP contribution in [0.5, 0.6) is 0 Å². The molecule has 2 heterocycles. The van der Waals surface area contributed by atoms with E-state index in [1.165, 1.54) is 33.3 Å². The molecule has 1 aromatic carbocycles. The molecule has 3 nitrogen and oxygen atoms in total. The zero-order valence-electron chi connectivity index (χ0n) is 11.6. The fourth-order valence-corrected chi connectivity index (χ4v) is 2.60. The van der Waals surface area contributed by atoms with Crippen LogP contribution >= 0.6 is 0 Å². The summed E-state index contributed by atoms with van der Waals surface area (Å²) < 4.78 is 0. The van der Waals surface area contributed by atoms with Gasteiger partial charge < -0.3 is 15.7 Å². The maximum atomic E-state index is 5.74. The Labute approximate surface area is 112 Å². The van der Waals surface area contributed by atoms with Crippen molar-refractivity contribution >= 4 is 10.9 Å². The lowest BCUT2D eigenvalue weighted by molar-refractivity contribution is 1.04. The molecular weight excluding hydrogens is 234 g/mol. The molecule has 0 radical (unpaired) electrons. The highest BCUT2D eigenvalue weighted by molar-refractivity contribution is 5.88.